The lowest BCUT2D eigenvalue weighted by Crippen LogP contribution is -2.31. The van der Waals surface area contributed by atoms with Gasteiger partial charge in [-0.05, 0) is 37.7 Å². The molecule has 1 unspecified atom stereocenters. The van der Waals surface area contributed by atoms with E-state index in [0.29, 0.717) is 25.7 Å². The highest BCUT2D eigenvalue weighted by Gasteiger charge is 2.52. The summed E-state index contributed by atoms with van der Waals surface area (Å²) in [6.45, 7) is 3.53. The van der Waals surface area contributed by atoms with E-state index in [1.807, 2.05) is 42.5 Å². The quantitative estimate of drug-likeness (QED) is 0.377. The van der Waals surface area contributed by atoms with Gasteiger partial charge in [-0.25, -0.2) is 0 Å². The van der Waals surface area contributed by atoms with Crippen molar-refractivity contribution in [3.05, 3.63) is 60.2 Å². The Morgan fingerprint density at radius 3 is 2.57 bits per heavy atom. The number of carboxylic acids is 1. The number of carbonyl (C=O) groups is 2. The summed E-state index contributed by atoms with van der Waals surface area (Å²) in [5.74, 6) is -1.47. The van der Waals surface area contributed by atoms with Crippen LogP contribution in [0.4, 0.5) is 0 Å². The summed E-state index contributed by atoms with van der Waals surface area (Å²) in [5.41, 5.74) is 0.333. The van der Waals surface area contributed by atoms with E-state index in [1.165, 1.54) is 0 Å². The molecule has 0 heterocycles. The van der Waals surface area contributed by atoms with Crippen LogP contribution in [0.2, 0.25) is 0 Å². The second-order valence-electron chi connectivity index (χ2n) is 8.68. The van der Waals surface area contributed by atoms with Gasteiger partial charge in [0.1, 0.15) is 5.78 Å². The van der Waals surface area contributed by atoms with Crippen LogP contribution in [0.15, 0.2) is 54.6 Å². The maximum atomic E-state index is 12.8. The number of unbranched alkanes of at least 4 members (excludes halogenated alkanes) is 1. The fourth-order valence-corrected chi connectivity index (χ4v) is 4.05. The van der Waals surface area contributed by atoms with E-state index in [1.54, 1.807) is 26.0 Å². The van der Waals surface area contributed by atoms with Crippen LogP contribution in [0, 0.1) is 17.3 Å². The highest BCUT2D eigenvalue weighted by molar-refractivity contribution is 5.90. The van der Waals surface area contributed by atoms with Crippen molar-refractivity contribution in [2.45, 2.75) is 64.6 Å². The second kappa shape index (κ2) is 11.2. The number of allylic oxidation sites excluding steroid dienone is 2. The van der Waals surface area contributed by atoms with Crippen LogP contribution >= 0.6 is 0 Å². The first-order valence-corrected chi connectivity index (χ1v) is 10.7. The molecule has 1 fully saturated rings. The van der Waals surface area contributed by atoms with E-state index in [-0.39, 0.29) is 24.0 Å². The number of aliphatic hydroxyl groups excluding tert-OH is 2. The summed E-state index contributed by atoms with van der Waals surface area (Å²) >= 11 is 0. The average Bonchev–Trinajstić information content (AvgIpc) is 2.88. The van der Waals surface area contributed by atoms with E-state index < -0.39 is 23.6 Å². The Kier molecular flexibility index (Phi) is 9.00. The minimum absolute atomic E-state index is 0.0265. The van der Waals surface area contributed by atoms with Crippen molar-refractivity contribution in [3.8, 4) is 0 Å². The van der Waals surface area contributed by atoms with Gasteiger partial charge in [-0.2, -0.15) is 0 Å². The zero-order valence-corrected chi connectivity index (χ0v) is 17.9. The number of ketones is 1. The van der Waals surface area contributed by atoms with Gasteiger partial charge >= 0.3 is 5.97 Å². The molecule has 4 atom stereocenters. The summed E-state index contributed by atoms with van der Waals surface area (Å²) in [6.07, 6.45) is 9.07. The predicted octanol–water partition coefficient (Wildman–Crippen LogP) is 3.94. The van der Waals surface area contributed by atoms with Crippen molar-refractivity contribution >= 4 is 11.8 Å². The molecule has 1 aliphatic rings. The summed E-state index contributed by atoms with van der Waals surface area (Å²) in [5, 5.41) is 29.8. The van der Waals surface area contributed by atoms with Gasteiger partial charge in [0.25, 0.3) is 0 Å². The molecule has 0 spiro atoms. The highest BCUT2D eigenvalue weighted by atomic mass is 16.4. The zero-order chi connectivity index (χ0) is 22.1. The van der Waals surface area contributed by atoms with E-state index in [0.717, 1.165) is 12.0 Å². The zero-order valence-electron chi connectivity index (χ0n) is 17.9. The molecule has 1 aliphatic carbocycles. The van der Waals surface area contributed by atoms with Crippen LogP contribution in [0.3, 0.4) is 0 Å². The first-order valence-electron chi connectivity index (χ1n) is 10.7. The number of carbonyl (C=O) groups excluding carboxylic acids is 1. The molecule has 0 saturated heterocycles. The van der Waals surface area contributed by atoms with Crippen LogP contribution in [0.5, 0.6) is 0 Å². The Balaban J connectivity index is 1.95. The number of carboxylic acid groups (broad SMARTS) is 1. The Labute approximate surface area is 179 Å². The third-order valence-electron chi connectivity index (χ3n) is 5.99. The Bertz CT molecular complexity index is 750. The Morgan fingerprint density at radius 2 is 1.90 bits per heavy atom. The number of aryl methyl sites for hydroxylation is 1. The molecule has 1 aromatic rings. The third kappa shape index (κ3) is 6.64. The van der Waals surface area contributed by atoms with E-state index in [2.05, 4.69) is 0 Å². The van der Waals surface area contributed by atoms with Gasteiger partial charge in [-0.3, -0.25) is 9.59 Å². The average molecular weight is 415 g/mol. The summed E-state index contributed by atoms with van der Waals surface area (Å²) in [7, 11) is 0. The first-order chi connectivity index (χ1) is 14.2. The number of Topliss-reactive ketones (excluding diaryl/α,β-unsaturated/α-hetero) is 1. The van der Waals surface area contributed by atoms with Crippen LogP contribution < -0.4 is 0 Å². The number of hydrogen-bond donors (Lipinski definition) is 3. The molecule has 1 saturated carbocycles. The lowest BCUT2D eigenvalue weighted by atomic mass is 9.86. The van der Waals surface area contributed by atoms with Crippen molar-refractivity contribution in [1.29, 1.82) is 0 Å². The molecule has 5 heteroatoms. The molecule has 0 aromatic heterocycles. The topological polar surface area (TPSA) is 94.8 Å². The monoisotopic (exact) mass is 414 g/mol. The smallest absolute Gasteiger partial charge is 0.303 e. The Morgan fingerprint density at radius 1 is 1.20 bits per heavy atom. The Hall–Kier alpha value is -2.24. The minimum Gasteiger partial charge on any atom is -0.481 e. The largest absolute Gasteiger partial charge is 0.481 e. The molecule has 0 aliphatic heterocycles. The molecule has 0 radical (unpaired) electrons. The molecule has 1 aromatic carbocycles. The van der Waals surface area contributed by atoms with Crippen molar-refractivity contribution < 1.29 is 24.9 Å². The highest BCUT2D eigenvalue weighted by Crippen LogP contribution is 2.44. The molecule has 0 amide bonds. The minimum atomic E-state index is -0.828. The summed E-state index contributed by atoms with van der Waals surface area (Å²) in [4.78, 5) is 23.4. The standard InChI is InChI=1S/C25H34O5/c1-25(2)23(29)20(12-8-3-4-9-13-22(27)28)21(24(25)30)17-16-19(26)15-14-18-10-6-5-7-11-18/h3,5-8,10-11,16-17,19-21,24,26,30H,4,9,12-15H2,1-2H3,(H,27,28)/t19?,20-,21-,24+/m1/s1. The SMILES string of the molecule is CC1(C)C(=O)[C@H](CC=CCCCC(=O)O)[C@@H](C=CC(O)CCc2ccccc2)[C@@H]1O. The number of hydrogen-bond acceptors (Lipinski definition) is 4. The lowest BCUT2D eigenvalue weighted by molar-refractivity contribution is -0.137. The van der Waals surface area contributed by atoms with Crippen molar-refractivity contribution in [2.75, 3.05) is 0 Å². The van der Waals surface area contributed by atoms with Crippen molar-refractivity contribution in [3.63, 3.8) is 0 Å². The fourth-order valence-electron chi connectivity index (χ4n) is 4.05. The summed E-state index contributed by atoms with van der Waals surface area (Å²) < 4.78 is 0. The molecule has 30 heavy (non-hydrogen) atoms. The molecular formula is C25H34O5. The molecule has 0 bridgehead atoms. The predicted molar refractivity (Wildman–Crippen MR) is 117 cm³/mol. The van der Waals surface area contributed by atoms with Gasteiger partial charge in [0.05, 0.1) is 17.6 Å². The van der Waals surface area contributed by atoms with Crippen LogP contribution in [0.25, 0.3) is 0 Å². The van der Waals surface area contributed by atoms with Crippen LogP contribution in [0.1, 0.15) is 51.5 Å². The van der Waals surface area contributed by atoms with Crippen LogP contribution in [-0.4, -0.2) is 39.3 Å². The number of aliphatic carboxylic acids is 1. The van der Waals surface area contributed by atoms with Crippen molar-refractivity contribution in [2.24, 2.45) is 17.3 Å². The number of benzene rings is 1. The van der Waals surface area contributed by atoms with Gasteiger partial charge in [0, 0.05) is 18.3 Å². The van der Waals surface area contributed by atoms with Gasteiger partial charge in [0.15, 0.2) is 0 Å². The van der Waals surface area contributed by atoms with E-state index in [9.17, 15) is 19.8 Å². The molecule has 2 rings (SSSR count). The molecule has 3 N–H and O–H groups in total. The second-order valence-corrected chi connectivity index (χ2v) is 8.68. The molecular weight excluding hydrogens is 380 g/mol. The number of aliphatic hydroxyl groups is 2. The van der Waals surface area contributed by atoms with Gasteiger partial charge < -0.3 is 15.3 Å². The van der Waals surface area contributed by atoms with Crippen LogP contribution in [-0.2, 0) is 16.0 Å². The molecule has 164 valence electrons. The third-order valence-corrected chi connectivity index (χ3v) is 5.99. The van der Waals surface area contributed by atoms with E-state index >= 15 is 0 Å². The summed E-state index contributed by atoms with van der Waals surface area (Å²) in [6, 6.07) is 9.95. The van der Waals surface area contributed by atoms with E-state index in [4.69, 9.17) is 5.11 Å². The normalized spacial score (nSPS) is 24.7. The van der Waals surface area contributed by atoms with Crippen molar-refractivity contribution in [1.82, 2.24) is 0 Å². The number of rotatable bonds is 11. The van der Waals surface area contributed by atoms with Gasteiger partial charge in [0.2, 0.25) is 0 Å². The fraction of sp³-hybridized carbons (Fsp3) is 0.520. The lowest BCUT2D eigenvalue weighted by Gasteiger charge is -2.22. The maximum Gasteiger partial charge on any atom is 0.303 e. The van der Waals surface area contributed by atoms with Gasteiger partial charge in [-0.1, -0.05) is 68.5 Å². The van der Waals surface area contributed by atoms with Gasteiger partial charge in [-0.15, -0.1) is 0 Å². The molecule has 5 nitrogen and oxygen atoms in total. The first kappa shape index (κ1) is 24.0. The maximum absolute atomic E-state index is 12.8.